The molecule has 0 radical (unpaired) electrons. The highest BCUT2D eigenvalue weighted by atomic mass is 16.4. The van der Waals surface area contributed by atoms with Crippen LogP contribution in [0.4, 0.5) is 0 Å². The van der Waals surface area contributed by atoms with Crippen molar-refractivity contribution >= 4 is 5.97 Å². The number of nitrogens with two attached hydrogens (primary N) is 1. The summed E-state index contributed by atoms with van der Waals surface area (Å²) in [6.07, 6.45) is 1.57. The van der Waals surface area contributed by atoms with Gasteiger partial charge in [-0.15, -0.1) is 6.58 Å². The van der Waals surface area contributed by atoms with Gasteiger partial charge in [-0.1, -0.05) is 18.2 Å². The minimum absolute atomic E-state index is 0.245. The Labute approximate surface area is 76.5 Å². The van der Waals surface area contributed by atoms with E-state index in [1.807, 2.05) is 0 Å². The Bertz CT molecular complexity index is 333. The summed E-state index contributed by atoms with van der Waals surface area (Å²) in [5, 5.41) is 8.70. The lowest BCUT2D eigenvalue weighted by molar-refractivity contribution is 0.0697. The molecule has 0 aromatic heterocycles. The first kappa shape index (κ1) is 9.48. The number of carboxylic acid groups (broad SMARTS) is 1. The van der Waals surface area contributed by atoms with Crippen LogP contribution in [0.25, 0.3) is 0 Å². The number of hydrogen-bond acceptors (Lipinski definition) is 2. The van der Waals surface area contributed by atoms with Gasteiger partial charge in [-0.2, -0.15) is 0 Å². The Morgan fingerprint density at radius 1 is 1.62 bits per heavy atom. The Morgan fingerprint density at radius 3 is 2.85 bits per heavy atom. The zero-order valence-corrected chi connectivity index (χ0v) is 7.10. The predicted octanol–water partition coefficient (Wildman–Crippen LogP) is 1.57. The van der Waals surface area contributed by atoms with Crippen molar-refractivity contribution in [2.24, 2.45) is 5.73 Å². The van der Waals surface area contributed by atoms with Crippen LogP contribution in [0.15, 0.2) is 36.9 Å². The van der Waals surface area contributed by atoms with Gasteiger partial charge in [-0.05, 0) is 17.7 Å². The lowest BCUT2D eigenvalue weighted by Crippen LogP contribution is -2.07. The number of carboxylic acids is 1. The Kier molecular flexibility index (Phi) is 2.82. The molecule has 3 heteroatoms. The van der Waals surface area contributed by atoms with Gasteiger partial charge >= 0.3 is 5.97 Å². The monoisotopic (exact) mass is 177 g/mol. The highest BCUT2D eigenvalue weighted by Gasteiger charge is 2.05. The van der Waals surface area contributed by atoms with Crippen LogP contribution >= 0.6 is 0 Å². The van der Waals surface area contributed by atoms with Crippen molar-refractivity contribution < 1.29 is 9.90 Å². The zero-order valence-electron chi connectivity index (χ0n) is 7.10. The van der Waals surface area contributed by atoms with Crippen molar-refractivity contribution in [3.63, 3.8) is 0 Å². The summed E-state index contributed by atoms with van der Waals surface area (Å²) in [5.74, 6) is -0.946. The van der Waals surface area contributed by atoms with E-state index in [-0.39, 0.29) is 11.6 Å². The number of hydrogen-bond donors (Lipinski definition) is 2. The Hall–Kier alpha value is -1.61. The van der Waals surface area contributed by atoms with Crippen LogP contribution < -0.4 is 5.73 Å². The average Bonchev–Trinajstić information content (AvgIpc) is 2.17. The fraction of sp³-hybridized carbons (Fsp3) is 0.100. The van der Waals surface area contributed by atoms with Crippen molar-refractivity contribution in [1.29, 1.82) is 0 Å². The first-order valence-corrected chi connectivity index (χ1v) is 3.86. The molecule has 0 saturated carbocycles. The maximum Gasteiger partial charge on any atom is 0.335 e. The molecule has 0 fully saturated rings. The van der Waals surface area contributed by atoms with E-state index >= 15 is 0 Å². The summed E-state index contributed by atoms with van der Waals surface area (Å²) >= 11 is 0. The van der Waals surface area contributed by atoms with Crippen molar-refractivity contribution in [2.45, 2.75) is 6.04 Å². The van der Waals surface area contributed by atoms with Crippen LogP contribution in [-0.4, -0.2) is 11.1 Å². The third kappa shape index (κ3) is 2.16. The van der Waals surface area contributed by atoms with E-state index < -0.39 is 5.97 Å². The summed E-state index contributed by atoms with van der Waals surface area (Å²) in [6, 6.07) is 6.22. The van der Waals surface area contributed by atoms with Gasteiger partial charge in [-0.25, -0.2) is 4.79 Å². The minimum Gasteiger partial charge on any atom is -0.478 e. The second kappa shape index (κ2) is 3.87. The SMILES string of the molecule is C=C[C@@H](N)c1cccc(C(=O)O)c1. The van der Waals surface area contributed by atoms with Gasteiger partial charge in [0.05, 0.1) is 5.56 Å². The van der Waals surface area contributed by atoms with E-state index in [0.29, 0.717) is 0 Å². The summed E-state index contributed by atoms with van der Waals surface area (Å²) in [7, 11) is 0. The molecule has 0 aliphatic carbocycles. The van der Waals surface area contributed by atoms with Crippen LogP contribution in [0.1, 0.15) is 22.0 Å². The van der Waals surface area contributed by atoms with E-state index in [4.69, 9.17) is 10.8 Å². The molecule has 0 aliphatic rings. The van der Waals surface area contributed by atoms with Crippen molar-refractivity contribution in [1.82, 2.24) is 0 Å². The molecule has 68 valence electrons. The predicted molar refractivity (Wildman–Crippen MR) is 50.5 cm³/mol. The molecule has 1 aromatic rings. The zero-order chi connectivity index (χ0) is 9.84. The van der Waals surface area contributed by atoms with Crippen LogP contribution in [0.3, 0.4) is 0 Å². The van der Waals surface area contributed by atoms with Crippen LogP contribution in [-0.2, 0) is 0 Å². The Balaban J connectivity index is 3.04. The Morgan fingerprint density at radius 2 is 2.31 bits per heavy atom. The molecule has 0 aliphatic heterocycles. The van der Waals surface area contributed by atoms with E-state index in [9.17, 15) is 4.79 Å². The lowest BCUT2D eigenvalue weighted by atomic mass is 10.0. The topological polar surface area (TPSA) is 63.3 Å². The van der Waals surface area contributed by atoms with Gasteiger partial charge < -0.3 is 10.8 Å². The van der Waals surface area contributed by atoms with E-state index in [0.717, 1.165) is 5.56 Å². The fourth-order valence-electron chi connectivity index (χ4n) is 1.02. The molecule has 0 heterocycles. The minimum atomic E-state index is -0.946. The van der Waals surface area contributed by atoms with Gasteiger partial charge in [-0.3, -0.25) is 0 Å². The quantitative estimate of drug-likeness (QED) is 0.689. The molecule has 0 saturated heterocycles. The largest absolute Gasteiger partial charge is 0.478 e. The van der Waals surface area contributed by atoms with Crippen LogP contribution in [0.2, 0.25) is 0 Å². The number of benzene rings is 1. The third-order valence-electron chi connectivity index (χ3n) is 1.77. The molecule has 0 amide bonds. The van der Waals surface area contributed by atoms with Gasteiger partial charge in [0.2, 0.25) is 0 Å². The first-order chi connectivity index (χ1) is 6.15. The first-order valence-electron chi connectivity index (χ1n) is 3.86. The highest BCUT2D eigenvalue weighted by molar-refractivity contribution is 5.87. The van der Waals surface area contributed by atoms with Gasteiger partial charge in [0.15, 0.2) is 0 Å². The highest BCUT2D eigenvalue weighted by Crippen LogP contribution is 2.12. The molecule has 3 N–H and O–H groups in total. The van der Waals surface area contributed by atoms with Crippen molar-refractivity contribution in [2.75, 3.05) is 0 Å². The lowest BCUT2D eigenvalue weighted by Gasteiger charge is -2.06. The second-order valence-corrected chi connectivity index (χ2v) is 2.69. The molecule has 0 bridgehead atoms. The number of aromatic carboxylic acids is 1. The van der Waals surface area contributed by atoms with Gasteiger partial charge in [0.25, 0.3) is 0 Å². The average molecular weight is 177 g/mol. The molecule has 1 rings (SSSR count). The summed E-state index contributed by atoms with van der Waals surface area (Å²) in [4.78, 5) is 10.6. The maximum absolute atomic E-state index is 10.6. The molecule has 1 atom stereocenters. The molecular weight excluding hydrogens is 166 g/mol. The normalized spacial score (nSPS) is 12.1. The van der Waals surface area contributed by atoms with E-state index in [1.54, 1.807) is 24.3 Å². The summed E-state index contributed by atoms with van der Waals surface area (Å²) < 4.78 is 0. The standard InChI is InChI=1S/C10H11NO2/c1-2-9(11)7-4-3-5-8(6-7)10(12)13/h2-6,9H,1,11H2,(H,12,13)/t9-/m1/s1. The molecule has 3 nitrogen and oxygen atoms in total. The van der Waals surface area contributed by atoms with Gasteiger partial charge in [0, 0.05) is 6.04 Å². The molecule has 1 aromatic carbocycles. The maximum atomic E-state index is 10.6. The van der Waals surface area contributed by atoms with Gasteiger partial charge in [0.1, 0.15) is 0 Å². The second-order valence-electron chi connectivity index (χ2n) is 2.69. The smallest absolute Gasteiger partial charge is 0.335 e. The van der Waals surface area contributed by atoms with E-state index in [2.05, 4.69) is 6.58 Å². The molecule has 0 unspecified atom stereocenters. The fourth-order valence-corrected chi connectivity index (χ4v) is 1.02. The third-order valence-corrected chi connectivity index (χ3v) is 1.77. The molecule has 13 heavy (non-hydrogen) atoms. The van der Waals surface area contributed by atoms with E-state index in [1.165, 1.54) is 6.07 Å². The molecular formula is C10H11NO2. The van der Waals surface area contributed by atoms with Crippen molar-refractivity contribution in [3.8, 4) is 0 Å². The van der Waals surface area contributed by atoms with Crippen LogP contribution in [0, 0.1) is 0 Å². The van der Waals surface area contributed by atoms with Crippen LogP contribution in [0.5, 0.6) is 0 Å². The number of rotatable bonds is 3. The van der Waals surface area contributed by atoms with Crippen molar-refractivity contribution in [3.05, 3.63) is 48.0 Å². The summed E-state index contributed by atoms with van der Waals surface area (Å²) in [5.41, 5.74) is 6.66. The number of carbonyl (C=O) groups is 1. The molecule has 0 spiro atoms. The summed E-state index contributed by atoms with van der Waals surface area (Å²) in [6.45, 7) is 3.54.